The van der Waals surface area contributed by atoms with E-state index in [0.717, 1.165) is 0 Å². The van der Waals surface area contributed by atoms with Crippen LogP contribution in [0.2, 0.25) is 0 Å². The number of hydrogen-bond donors (Lipinski definition) is 1. The van der Waals surface area contributed by atoms with E-state index in [4.69, 9.17) is 11.0 Å². The monoisotopic (exact) mass is 162 g/mol. The van der Waals surface area contributed by atoms with Crippen LogP contribution in [0.1, 0.15) is 31.2 Å². The van der Waals surface area contributed by atoms with Crippen molar-refractivity contribution in [3.63, 3.8) is 0 Å². The van der Waals surface area contributed by atoms with Crippen LogP contribution >= 0.6 is 0 Å². The Morgan fingerprint density at radius 2 is 2.25 bits per heavy atom. The smallest absolute Gasteiger partial charge is 0.162 e. The van der Waals surface area contributed by atoms with Gasteiger partial charge in [0, 0.05) is 0 Å². The SMILES string of the molecule is CC(C)c1nc(N)cnc1C#N. The molecule has 62 valence electrons. The Labute approximate surface area is 71.1 Å². The number of aromatic nitrogens is 2. The lowest BCUT2D eigenvalue weighted by atomic mass is 10.1. The fourth-order valence-corrected chi connectivity index (χ4v) is 0.906. The summed E-state index contributed by atoms with van der Waals surface area (Å²) in [5, 5.41) is 8.66. The second kappa shape index (κ2) is 3.18. The van der Waals surface area contributed by atoms with Crippen LogP contribution < -0.4 is 5.73 Å². The minimum absolute atomic E-state index is 0.177. The van der Waals surface area contributed by atoms with Crippen molar-refractivity contribution in [3.05, 3.63) is 17.6 Å². The van der Waals surface area contributed by atoms with Crippen LogP contribution in [-0.4, -0.2) is 9.97 Å². The molecule has 0 spiro atoms. The Balaban J connectivity index is 3.24. The lowest BCUT2D eigenvalue weighted by Crippen LogP contribution is -2.03. The van der Waals surface area contributed by atoms with Crippen molar-refractivity contribution >= 4 is 5.82 Å². The van der Waals surface area contributed by atoms with Crippen LogP contribution in [-0.2, 0) is 0 Å². The van der Waals surface area contributed by atoms with E-state index in [0.29, 0.717) is 17.2 Å². The summed E-state index contributed by atoms with van der Waals surface area (Å²) in [6, 6.07) is 1.97. The van der Waals surface area contributed by atoms with Gasteiger partial charge in [0.1, 0.15) is 11.9 Å². The molecule has 0 aliphatic heterocycles. The van der Waals surface area contributed by atoms with Gasteiger partial charge in [0.2, 0.25) is 0 Å². The Kier molecular flexibility index (Phi) is 2.24. The van der Waals surface area contributed by atoms with Crippen molar-refractivity contribution in [2.75, 3.05) is 5.73 Å². The van der Waals surface area contributed by atoms with Crippen molar-refractivity contribution in [3.8, 4) is 6.07 Å². The molecule has 0 aliphatic carbocycles. The molecule has 4 nitrogen and oxygen atoms in total. The zero-order valence-electron chi connectivity index (χ0n) is 7.07. The number of anilines is 1. The Morgan fingerprint density at radius 3 is 2.75 bits per heavy atom. The van der Waals surface area contributed by atoms with Gasteiger partial charge in [-0.2, -0.15) is 5.26 Å². The van der Waals surface area contributed by atoms with E-state index in [-0.39, 0.29) is 5.92 Å². The van der Waals surface area contributed by atoms with Gasteiger partial charge < -0.3 is 5.73 Å². The molecule has 0 amide bonds. The average molecular weight is 162 g/mol. The van der Waals surface area contributed by atoms with E-state index in [9.17, 15) is 0 Å². The Morgan fingerprint density at radius 1 is 1.58 bits per heavy atom. The summed E-state index contributed by atoms with van der Waals surface area (Å²) >= 11 is 0. The summed E-state index contributed by atoms with van der Waals surface area (Å²) in [5.74, 6) is 0.536. The fourth-order valence-electron chi connectivity index (χ4n) is 0.906. The molecule has 0 aliphatic rings. The largest absolute Gasteiger partial charge is 0.382 e. The van der Waals surface area contributed by atoms with E-state index >= 15 is 0 Å². The highest BCUT2D eigenvalue weighted by molar-refractivity contribution is 5.34. The summed E-state index contributed by atoms with van der Waals surface area (Å²) in [7, 11) is 0. The van der Waals surface area contributed by atoms with Crippen molar-refractivity contribution in [2.45, 2.75) is 19.8 Å². The molecule has 1 aromatic rings. The van der Waals surface area contributed by atoms with Crippen LogP contribution in [0.4, 0.5) is 5.82 Å². The molecule has 4 heteroatoms. The number of nitrogen functional groups attached to an aromatic ring is 1. The first kappa shape index (κ1) is 8.47. The van der Waals surface area contributed by atoms with Gasteiger partial charge in [0.05, 0.1) is 11.9 Å². The van der Waals surface area contributed by atoms with Crippen molar-refractivity contribution in [2.24, 2.45) is 0 Å². The number of hydrogen-bond acceptors (Lipinski definition) is 4. The number of nitriles is 1. The van der Waals surface area contributed by atoms with Gasteiger partial charge in [0.15, 0.2) is 5.69 Å². The third-order valence-corrected chi connectivity index (χ3v) is 1.47. The lowest BCUT2D eigenvalue weighted by molar-refractivity contribution is 0.808. The molecule has 0 radical (unpaired) electrons. The molecule has 0 aromatic carbocycles. The van der Waals surface area contributed by atoms with E-state index in [1.54, 1.807) is 0 Å². The summed E-state index contributed by atoms with van der Waals surface area (Å²) in [6.45, 7) is 3.90. The Hall–Kier alpha value is -1.63. The summed E-state index contributed by atoms with van der Waals surface area (Å²) in [6.07, 6.45) is 1.39. The highest BCUT2D eigenvalue weighted by Gasteiger charge is 2.09. The summed E-state index contributed by atoms with van der Waals surface area (Å²) in [4.78, 5) is 7.91. The average Bonchev–Trinajstić information content (AvgIpc) is 2.04. The van der Waals surface area contributed by atoms with Gasteiger partial charge >= 0.3 is 0 Å². The van der Waals surface area contributed by atoms with E-state index in [1.807, 2.05) is 19.9 Å². The molecular formula is C8H10N4. The van der Waals surface area contributed by atoms with Gasteiger partial charge in [-0.1, -0.05) is 13.8 Å². The molecule has 0 saturated carbocycles. The molecule has 0 fully saturated rings. The van der Waals surface area contributed by atoms with Crippen LogP contribution in [0.15, 0.2) is 6.20 Å². The third kappa shape index (κ3) is 1.51. The van der Waals surface area contributed by atoms with Crippen molar-refractivity contribution < 1.29 is 0 Å². The second-order valence-electron chi connectivity index (χ2n) is 2.80. The molecule has 1 rings (SSSR count). The molecule has 1 heterocycles. The van der Waals surface area contributed by atoms with Gasteiger partial charge in [-0.25, -0.2) is 9.97 Å². The molecule has 0 bridgehead atoms. The van der Waals surface area contributed by atoms with Crippen LogP contribution in [0.5, 0.6) is 0 Å². The predicted molar refractivity (Wildman–Crippen MR) is 45.2 cm³/mol. The Bertz CT molecular complexity index is 324. The highest BCUT2D eigenvalue weighted by Crippen LogP contribution is 2.15. The van der Waals surface area contributed by atoms with Crippen LogP contribution in [0.3, 0.4) is 0 Å². The van der Waals surface area contributed by atoms with Crippen LogP contribution in [0, 0.1) is 11.3 Å². The number of nitrogens with zero attached hydrogens (tertiary/aromatic N) is 3. The van der Waals surface area contributed by atoms with E-state index in [2.05, 4.69) is 9.97 Å². The number of rotatable bonds is 1. The summed E-state index contributed by atoms with van der Waals surface area (Å²) in [5.41, 5.74) is 6.46. The third-order valence-electron chi connectivity index (χ3n) is 1.47. The standard InChI is InChI=1S/C8H10N4/c1-5(2)8-6(3-9)11-4-7(10)12-8/h4-5H,1-2H3,(H2,10,12). The maximum atomic E-state index is 8.66. The second-order valence-corrected chi connectivity index (χ2v) is 2.80. The molecule has 2 N–H and O–H groups in total. The van der Waals surface area contributed by atoms with Crippen molar-refractivity contribution in [1.29, 1.82) is 5.26 Å². The van der Waals surface area contributed by atoms with Crippen molar-refractivity contribution in [1.82, 2.24) is 9.97 Å². The maximum Gasteiger partial charge on any atom is 0.162 e. The van der Waals surface area contributed by atoms with Gasteiger partial charge in [-0.15, -0.1) is 0 Å². The van der Waals surface area contributed by atoms with Gasteiger partial charge in [0.25, 0.3) is 0 Å². The zero-order valence-corrected chi connectivity index (χ0v) is 7.07. The molecule has 1 aromatic heterocycles. The number of nitrogens with two attached hydrogens (primary N) is 1. The predicted octanol–water partition coefficient (Wildman–Crippen LogP) is 1.05. The lowest BCUT2D eigenvalue weighted by Gasteiger charge is -2.05. The topological polar surface area (TPSA) is 75.6 Å². The van der Waals surface area contributed by atoms with E-state index in [1.165, 1.54) is 6.20 Å². The van der Waals surface area contributed by atoms with Gasteiger partial charge in [-0.05, 0) is 5.92 Å². The first-order valence-corrected chi connectivity index (χ1v) is 3.67. The normalized spacial score (nSPS) is 9.83. The molecule has 12 heavy (non-hydrogen) atoms. The quantitative estimate of drug-likeness (QED) is 0.669. The molecular weight excluding hydrogens is 152 g/mol. The van der Waals surface area contributed by atoms with Crippen LogP contribution in [0.25, 0.3) is 0 Å². The minimum atomic E-state index is 0.177. The minimum Gasteiger partial charge on any atom is -0.382 e. The first-order valence-electron chi connectivity index (χ1n) is 3.67. The van der Waals surface area contributed by atoms with Gasteiger partial charge in [-0.3, -0.25) is 0 Å². The van der Waals surface area contributed by atoms with E-state index < -0.39 is 0 Å². The maximum absolute atomic E-state index is 8.66. The highest BCUT2D eigenvalue weighted by atomic mass is 14.9. The molecule has 0 saturated heterocycles. The zero-order chi connectivity index (χ0) is 9.14. The molecule has 0 unspecified atom stereocenters. The fraction of sp³-hybridized carbons (Fsp3) is 0.375. The first-order chi connectivity index (χ1) is 5.65. The molecule has 0 atom stereocenters. The summed E-state index contributed by atoms with van der Waals surface area (Å²) < 4.78 is 0.